The van der Waals surface area contributed by atoms with Crippen molar-refractivity contribution in [2.24, 2.45) is 5.92 Å². The van der Waals surface area contributed by atoms with Crippen molar-refractivity contribution in [1.29, 1.82) is 0 Å². The zero-order valence-corrected chi connectivity index (χ0v) is 16.8. The van der Waals surface area contributed by atoms with Gasteiger partial charge in [-0.25, -0.2) is 4.98 Å². The number of hydrogen-bond donors (Lipinski definition) is 1. The summed E-state index contributed by atoms with van der Waals surface area (Å²) in [4.78, 5) is 26.7. The molecule has 0 saturated carbocycles. The van der Waals surface area contributed by atoms with E-state index in [2.05, 4.69) is 26.8 Å². The van der Waals surface area contributed by atoms with Crippen molar-refractivity contribution in [3.8, 4) is 5.69 Å². The Morgan fingerprint density at radius 2 is 2.04 bits per heavy atom. The first-order valence-electron chi connectivity index (χ1n) is 8.97. The van der Waals surface area contributed by atoms with Crippen LogP contribution in [0, 0.1) is 17.5 Å². The third kappa shape index (κ3) is 3.37. The molecule has 0 atom stereocenters. The summed E-state index contributed by atoms with van der Waals surface area (Å²) in [5.41, 5.74) is 1.84. The molecular formula is C19H20ClN5OS. The van der Waals surface area contributed by atoms with Gasteiger partial charge in [-0.05, 0) is 43.4 Å². The third-order valence-electron chi connectivity index (χ3n) is 5.13. The second kappa shape index (κ2) is 7.05. The summed E-state index contributed by atoms with van der Waals surface area (Å²) in [6.07, 6.45) is 3.77. The summed E-state index contributed by atoms with van der Waals surface area (Å²) >= 11 is 11.8. The Bertz CT molecular complexity index is 1130. The first-order valence-corrected chi connectivity index (χ1v) is 9.76. The number of anilines is 1. The minimum Gasteiger partial charge on any atom is -0.342 e. The van der Waals surface area contributed by atoms with Gasteiger partial charge in [0.25, 0.3) is 5.56 Å². The van der Waals surface area contributed by atoms with Gasteiger partial charge in [0.2, 0.25) is 5.95 Å². The van der Waals surface area contributed by atoms with Crippen molar-refractivity contribution < 1.29 is 0 Å². The van der Waals surface area contributed by atoms with E-state index in [9.17, 15) is 4.79 Å². The first-order chi connectivity index (χ1) is 12.9. The molecule has 2 aromatic heterocycles. The Hall–Kier alpha value is -2.25. The molecule has 3 aromatic rings. The van der Waals surface area contributed by atoms with Crippen molar-refractivity contribution in [2.45, 2.75) is 26.7 Å². The number of hydrogen-bond acceptors (Lipinski definition) is 5. The molecule has 0 radical (unpaired) electrons. The van der Waals surface area contributed by atoms with E-state index >= 15 is 0 Å². The largest absolute Gasteiger partial charge is 0.342 e. The smallest absolute Gasteiger partial charge is 0.264 e. The lowest BCUT2D eigenvalue weighted by molar-refractivity contribution is 0.434. The van der Waals surface area contributed by atoms with Gasteiger partial charge >= 0.3 is 0 Å². The lowest BCUT2D eigenvalue weighted by atomic mass is 10.00. The number of halogens is 1. The summed E-state index contributed by atoms with van der Waals surface area (Å²) in [7, 11) is 0. The zero-order chi connectivity index (χ0) is 19.1. The normalized spacial score (nSPS) is 15.4. The summed E-state index contributed by atoms with van der Waals surface area (Å²) in [6.45, 7) is 5.94. The maximum atomic E-state index is 12.8. The third-order valence-corrected chi connectivity index (χ3v) is 5.94. The van der Waals surface area contributed by atoms with Crippen molar-refractivity contribution in [2.75, 3.05) is 18.0 Å². The topological polar surface area (TPSA) is 66.8 Å². The van der Waals surface area contributed by atoms with Crippen LogP contribution in [0.15, 0.2) is 29.3 Å². The number of fused-ring (bicyclic) bond motifs is 1. The average Bonchev–Trinajstić information content (AvgIpc) is 2.64. The van der Waals surface area contributed by atoms with Crippen LogP contribution in [0.1, 0.15) is 25.3 Å². The monoisotopic (exact) mass is 401 g/mol. The molecule has 0 unspecified atom stereocenters. The number of nitrogens with zero attached hydrogens (tertiary/aromatic N) is 4. The van der Waals surface area contributed by atoms with Gasteiger partial charge in [-0.3, -0.25) is 14.3 Å². The fraction of sp³-hybridized carbons (Fsp3) is 0.368. The van der Waals surface area contributed by atoms with Gasteiger partial charge in [0.05, 0.1) is 0 Å². The molecule has 0 amide bonds. The van der Waals surface area contributed by atoms with Crippen LogP contribution in [-0.4, -0.2) is 32.6 Å². The summed E-state index contributed by atoms with van der Waals surface area (Å²) in [5.74, 6) is 1.27. The van der Waals surface area contributed by atoms with Crippen LogP contribution in [0.4, 0.5) is 5.95 Å². The Morgan fingerprint density at radius 3 is 2.74 bits per heavy atom. The van der Waals surface area contributed by atoms with Gasteiger partial charge in [0.15, 0.2) is 5.65 Å². The van der Waals surface area contributed by atoms with E-state index in [-0.39, 0.29) is 5.56 Å². The molecule has 6 nitrogen and oxygen atoms in total. The highest BCUT2D eigenvalue weighted by molar-refractivity contribution is 7.71. The first kappa shape index (κ1) is 18.1. The SMILES string of the molecule is Cc1ccc(-n2cnc3nc(N4CCC(C)CC4)[nH]c(=O)c3c2=S)cc1Cl. The second-order valence-electron chi connectivity index (χ2n) is 7.11. The molecule has 1 saturated heterocycles. The lowest BCUT2D eigenvalue weighted by Gasteiger charge is -2.30. The molecule has 1 aromatic carbocycles. The van der Waals surface area contributed by atoms with Gasteiger partial charge in [-0.2, -0.15) is 4.98 Å². The van der Waals surface area contributed by atoms with Crippen molar-refractivity contribution >= 4 is 40.8 Å². The summed E-state index contributed by atoms with van der Waals surface area (Å²) in [6, 6.07) is 5.62. The van der Waals surface area contributed by atoms with Gasteiger partial charge in [0, 0.05) is 23.8 Å². The number of H-pyrrole nitrogens is 1. The Kier molecular flexibility index (Phi) is 4.74. The Balaban J connectivity index is 1.81. The van der Waals surface area contributed by atoms with E-state index in [0.29, 0.717) is 32.6 Å². The number of nitrogens with one attached hydrogen (secondary N) is 1. The number of rotatable bonds is 2. The van der Waals surface area contributed by atoms with Crippen LogP contribution in [0.5, 0.6) is 0 Å². The molecule has 4 rings (SSSR count). The number of piperidine rings is 1. The van der Waals surface area contributed by atoms with Gasteiger partial charge in [0.1, 0.15) is 16.4 Å². The summed E-state index contributed by atoms with van der Waals surface area (Å²) in [5, 5.41) is 0.953. The average molecular weight is 402 g/mol. The molecule has 0 aliphatic carbocycles. The number of aromatic amines is 1. The second-order valence-corrected chi connectivity index (χ2v) is 7.90. The predicted molar refractivity (Wildman–Crippen MR) is 111 cm³/mol. The van der Waals surface area contributed by atoms with Crippen LogP contribution in [0.2, 0.25) is 5.02 Å². The van der Waals surface area contributed by atoms with Gasteiger partial charge < -0.3 is 4.90 Å². The van der Waals surface area contributed by atoms with E-state index in [4.69, 9.17) is 23.8 Å². The number of benzene rings is 1. The van der Waals surface area contributed by atoms with Crippen LogP contribution >= 0.6 is 23.8 Å². The van der Waals surface area contributed by atoms with E-state index in [1.54, 1.807) is 10.9 Å². The maximum absolute atomic E-state index is 12.8. The minimum absolute atomic E-state index is 0.265. The molecule has 1 aliphatic rings. The van der Waals surface area contributed by atoms with Crippen molar-refractivity contribution in [3.63, 3.8) is 0 Å². The maximum Gasteiger partial charge on any atom is 0.264 e. The van der Waals surface area contributed by atoms with E-state index in [1.807, 2.05) is 25.1 Å². The molecule has 1 fully saturated rings. The molecule has 140 valence electrons. The van der Waals surface area contributed by atoms with Crippen molar-refractivity contribution in [1.82, 2.24) is 19.5 Å². The number of aromatic nitrogens is 4. The van der Waals surface area contributed by atoms with Gasteiger partial charge in [-0.15, -0.1) is 0 Å². The standard InChI is InChI=1S/C19H20ClN5OS/c1-11-5-7-24(8-6-11)19-22-16-15(17(26)23-19)18(27)25(10-21-16)13-4-3-12(2)14(20)9-13/h3-4,9-11H,5-8H2,1-2H3,(H,22,23,26). The Morgan fingerprint density at radius 1 is 1.30 bits per heavy atom. The zero-order valence-electron chi connectivity index (χ0n) is 15.2. The molecule has 3 heterocycles. The molecule has 27 heavy (non-hydrogen) atoms. The predicted octanol–water partition coefficient (Wildman–Crippen LogP) is 4.04. The lowest BCUT2D eigenvalue weighted by Crippen LogP contribution is -2.35. The van der Waals surface area contributed by atoms with E-state index in [0.717, 1.165) is 37.2 Å². The quantitative estimate of drug-likeness (QED) is 0.656. The fourth-order valence-electron chi connectivity index (χ4n) is 3.31. The molecule has 1 aliphatic heterocycles. The molecule has 0 spiro atoms. The molecular weight excluding hydrogens is 382 g/mol. The number of aryl methyl sites for hydroxylation is 1. The highest BCUT2D eigenvalue weighted by Gasteiger charge is 2.19. The van der Waals surface area contributed by atoms with Crippen LogP contribution in [-0.2, 0) is 0 Å². The fourth-order valence-corrected chi connectivity index (χ4v) is 3.82. The highest BCUT2D eigenvalue weighted by atomic mass is 35.5. The van der Waals surface area contributed by atoms with Crippen LogP contribution in [0.3, 0.4) is 0 Å². The van der Waals surface area contributed by atoms with Gasteiger partial charge in [-0.1, -0.05) is 36.8 Å². The molecule has 1 N–H and O–H groups in total. The minimum atomic E-state index is -0.265. The molecule has 8 heteroatoms. The summed E-state index contributed by atoms with van der Waals surface area (Å²) < 4.78 is 2.05. The van der Waals surface area contributed by atoms with Crippen LogP contribution in [0.25, 0.3) is 16.7 Å². The van der Waals surface area contributed by atoms with E-state index < -0.39 is 0 Å². The van der Waals surface area contributed by atoms with E-state index in [1.165, 1.54) is 0 Å². The molecule has 0 bridgehead atoms. The highest BCUT2D eigenvalue weighted by Crippen LogP contribution is 2.22. The Labute approximate surface area is 166 Å². The van der Waals surface area contributed by atoms with Crippen LogP contribution < -0.4 is 10.5 Å². The van der Waals surface area contributed by atoms with Crippen molar-refractivity contribution in [3.05, 3.63) is 50.1 Å².